The zero-order valence-corrected chi connectivity index (χ0v) is 15.1. The topological polar surface area (TPSA) is 95.6 Å². The van der Waals surface area contributed by atoms with Crippen molar-refractivity contribution in [3.63, 3.8) is 0 Å². The van der Waals surface area contributed by atoms with Gasteiger partial charge in [0.25, 0.3) is 0 Å². The third-order valence-corrected chi connectivity index (χ3v) is 5.38. The predicted molar refractivity (Wildman–Crippen MR) is 107 cm³/mol. The minimum absolute atomic E-state index is 0.507. The van der Waals surface area contributed by atoms with Gasteiger partial charge < -0.3 is 16.0 Å². The monoisotopic (exact) mass is 364 g/mol. The number of fused-ring (bicyclic) bond motifs is 1. The number of nitrogen functional groups attached to an aromatic ring is 1. The second-order valence-electron chi connectivity index (χ2n) is 6.09. The molecule has 0 amide bonds. The molecule has 0 aliphatic rings. The number of rotatable bonds is 6. The van der Waals surface area contributed by atoms with Crippen LogP contribution in [0.2, 0.25) is 0 Å². The van der Waals surface area contributed by atoms with Crippen LogP contribution in [0.1, 0.15) is 12.8 Å². The lowest BCUT2D eigenvalue weighted by atomic mass is 10.1. The molecule has 0 saturated heterocycles. The van der Waals surface area contributed by atoms with E-state index in [0.717, 1.165) is 51.4 Å². The van der Waals surface area contributed by atoms with Crippen LogP contribution in [0.3, 0.4) is 0 Å². The second-order valence-corrected chi connectivity index (χ2v) is 7.12. The van der Waals surface area contributed by atoms with Crippen LogP contribution in [-0.4, -0.2) is 26.1 Å². The number of benzene rings is 1. The zero-order valence-electron chi connectivity index (χ0n) is 14.3. The molecule has 0 saturated carbocycles. The van der Waals surface area contributed by atoms with Gasteiger partial charge in [0.05, 0.1) is 28.0 Å². The molecule has 26 heavy (non-hydrogen) atoms. The Morgan fingerprint density at radius 2 is 1.88 bits per heavy atom. The van der Waals surface area contributed by atoms with E-state index in [1.807, 2.05) is 24.5 Å². The highest BCUT2D eigenvalue weighted by Gasteiger charge is 2.18. The SMILES string of the molecule is NCCCCn1cnc(-c2ccccc2)c1-c1cc2c(N)ncnc2s1. The molecule has 4 N–H and O–H groups in total. The first-order chi connectivity index (χ1) is 12.8. The largest absolute Gasteiger partial charge is 0.383 e. The number of anilines is 1. The van der Waals surface area contributed by atoms with E-state index in [4.69, 9.17) is 16.5 Å². The van der Waals surface area contributed by atoms with Crippen molar-refractivity contribution in [3.05, 3.63) is 49.1 Å². The number of aryl methyl sites for hydroxylation is 1. The molecule has 1 aromatic carbocycles. The summed E-state index contributed by atoms with van der Waals surface area (Å²) in [6, 6.07) is 12.3. The minimum atomic E-state index is 0.507. The Bertz CT molecular complexity index is 1020. The molecule has 0 bridgehead atoms. The number of hydrogen-bond acceptors (Lipinski definition) is 6. The molecule has 132 valence electrons. The normalized spacial score (nSPS) is 11.3. The van der Waals surface area contributed by atoms with Gasteiger partial charge in [0, 0.05) is 12.1 Å². The molecule has 4 rings (SSSR count). The van der Waals surface area contributed by atoms with Crippen molar-refractivity contribution in [1.29, 1.82) is 0 Å². The average molecular weight is 364 g/mol. The summed E-state index contributed by atoms with van der Waals surface area (Å²) in [6.07, 6.45) is 5.42. The molecule has 4 aromatic rings. The van der Waals surface area contributed by atoms with Gasteiger partial charge in [0.1, 0.15) is 17.0 Å². The van der Waals surface area contributed by atoms with Crippen molar-refractivity contribution in [1.82, 2.24) is 19.5 Å². The summed E-state index contributed by atoms with van der Waals surface area (Å²) in [5, 5.41) is 0.890. The fourth-order valence-electron chi connectivity index (χ4n) is 3.03. The lowest BCUT2D eigenvalue weighted by Gasteiger charge is -2.08. The molecule has 0 aliphatic carbocycles. The van der Waals surface area contributed by atoms with Crippen LogP contribution < -0.4 is 11.5 Å². The van der Waals surface area contributed by atoms with Crippen LogP contribution in [0.5, 0.6) is 0 Å². The maximum absolute atomic E-state index is 6.03. The van der Waals surface area contributed by atoms with Crippen LogP contribution in [0.15, 0.2) is 49.1 Å². The number of nitrogens with zero attached hydrogens (tertiary/aromatic N) is 4. The predicted octanol–water partition coefficient (Wildman–Crippen LogP) is 3.54. The summed E-state index contributed by atoms with van der Waals surface area (Å²) in [4.78, 5) is 15.2. The van der Waals surface area contributed by atoms with Crippen molar-refractivity contribution in [3.8, 4) is 21.8 Å². The summed E-state index contributed by atoms with van der Waals surface area (Å²) in [5.41, 5.74) is 14.8. The van der Waals surface area contributed by atoms with Gasteiger partial charge in [-0.05, 0) is 25.5 Å². The maximum Gasteiger partial charge on any atom is 0.135 e. The number of thiophene rings is 1. The Kier molecular flexibility index (Phi) is 4.64. The first-order valence-electron chi connectivity index (χ1n) is 8.59. The van der Waals surface area contributed by atoms with E-state index in [0.29, 0.717) is 12.4 Å². The Hall–Kier alpha value is -2.77. The maximum atomic E-state index is 6.03. The Morgan fingerprint density at radius 3 is 2.65 bits per heavy atom. The molecule has 3 heterocycles. The average Bonchev–Trinajstić information content (AvgIpc) is 3.27. The second kappa shape index (κ2) is 7.23. The summed E-state index contributed by atoms with van der Waals surface area (Å²) < 4.78 is 2.20. The van der Waals surface area contributed by atoms with E-state index in [2.05, 4.69) is 32.7 Å². The number of nitrogens with two attached hydrogens (primary N) is 2. The summed E-state index contributed by atoms with van der Waals surface area (Å²) >= 11 is 1.61. The highest BCUT2D eigenvalue weighted by Crippen LogP contribution is 2.39. The van der Waals surface area contributed by atoms with E-state index in [1.165, 1.54) is 6.33 Å². The molecule has 6 nitrogen and oxygen atoms in total. The van der Waals surface area contributed by atoms with Gasteiger partial charge in [-0.3, -0.25) is 0 Å². The molecular formula is C19H20N6S. The Balaban J connectivity index is 1.85. The molecule has 0 spiro atoms. The standard InChI is InChI=1S/C19H20N6S/c20-8-4-5-9-25-12-24-16(13-6-2-1-3-7-13)17(25)15-10-14-18(21)22-11-23-19(14)26-15/h1-3,6-7,10-12H,4-5,8-9,20H2,(H2,21,22,23). The van der Waals surface area contributed by atoms with Crippen LogP contribution in [-0.2, 0) is 6.54 Å². The van der Waals surface area contributed by atoms with Gasteiger partial charge in [-0.2, -0.15) is 0 Å². The van der Waals surface area contributed by atoms with Gasteiger partial charge >= 0.3 is 0 Å². The van der Waals surface area contributed by atoms with Crippen molar-refractivity contribution < 1.29 is 0 Å². The lowest BCUT2D eigenvalue weighted by molar-refractivity contribution is 0.619. The third-order valence-electron chi connectivity index (χ3n) is 4.33. The zero-order chi connectivity index (χ0) is 17.9. The van der Waals surface area contributed by atoms with Crippen LogP contribution >= 0.6 is 11.3 Å². The summed E-state index contributed by atoms with van der Waals surface area (Å²) in [7, 11) is 0. The molecule has 7 heteroatoms. The fourth-order valence-corrected chi connectivity index (χ4v) is 4.10. The van der Waals surface area contributed by atoms with Crippen LogP contribution in [0.25, 0.3) is 32.0 Å². The fraction of sp³-hybridized carbons (Fsp3) is 0.211. The van der Waals surface area contributed by atoms with Gasteiger partial charge in [-0.25, -0.2) is 15.0 Å². The number of unbranched alkanes of at least 4 members (excludes halogenated alkanes) is 1. The first-order valence-corrected chi connectivity index (χ1v) is 9.40. The van der Waals surface area contributed by atoms with Crippen molar-refractivity contribution >= 4 is 27.4 Å². The molecule has 0 atom stereocenters. The quantitative estimate of drug-likeness (QED) is 0.510. The van der Waals surface area contributed by atoms with Gasteiger partial charge in [-0.15, -0.1) is 11.3 Å². The molecular weight excluding hydrogens is 344 g/mol. The lowest BCUT2D eigenvalue weighted by Crippen LogP contribution is -2.03. The molecule has 0 unspecified atom stereocenters. The third kappa shape index (κ3) is 3.07. The highest BCUT2D eigenvalue weighted by atomic mass is 32.1. The first kappa shape index (κ1) is 16.7. The van der Waals surface area contributed by atoms with Crippen molar-refractivity contribution in [2.75, 3.05) is 12.3 Å². The molecule has 0 radical (unpaired) electrons. The smallest absolute Gasteiger partial charge is 0.135 e. The van der Waals surface area contributed by atoms with E-state index in [-0.39, 0.29) is 0 Å². The Morgan fingerprint density at radius 1 is 1.04 bits per heavy atom. The van der Waals surface area contributed by atoms with E-state index >= 15 is 0 Å². The summed E-state index contributed by atoms with van der Waals surface area (Å²) in [5.74, 6) is 0.507. The summed E-state index contributed by atoms with van der Waals surface area (Å²) in [6.45, 7) is 1.58. The van der Waals surface area contributed by atoms with Crippen molar-refractivity contribution in [2.24, 2.45) is 5.73 Å². The molecule has 0 aliphatic heterocycles. The number of hydrogen-bond donors (Lipinski definition) is 2. The number of imidazole rings is 1. The molecule has 3 aromatic heterocycles. The van der Waals surface area contributed by atoms with Crippen LogP contribution in [0, 0.1) is 0 Å². The van der Waals surface area contributed by atoms with E-state index in [1.54, 1.807) is 11.3 Å². The Labute approximate surface area is 155 Å². The van der Waals surface area contributed by atoms with Crippen molar-refractivity contribution in [2.45, 2.75) is 19.4 Å². The van der Waals surface area contributed by atoms with Gasteiger partial charge in [0.2, 0.25) is 0 Å². The van der Waals surface area contributed by atoms with Crippen LogP contribution in [0.4, 0.5) is 5.82 Å². The highest BCUT2D eigenvalue weighted by molar-refractivity contribution is 7.21. The molecule has 0 fully saturated rings. The number of aromatic nitrogens is 4. The van der Waals surface area contributed by atoms with E-state index in [9.17, 15) is 0 Å². The van der Waals surface area contributed by atoms with Gasteiger partial charge in [-0.1, -0.05) is 30.3 Å². The van der Waals surface area contributed by atoms with E-state index < -0.39 is 0 Å². The van der Waals surface area contributed by atoms with Gasteiger partial charge in [0.15, 0.2) is 0 Å². The minimum Gasteiger partial charge on any atom is -0.383 e.